The summed E-state index contributed by atoms with van der Waals surface area (Å²) in [4.78, 5) is 32.2. The van der Waals surface area contributed by atoms with E-state index in [1.54, 1.807) is 28.0 Å². The molecule has 0 fully saturated rings. The Labute approximate surface area is 176 Å². The maximum Gasteiger partial charge on any atom is 0.263 e. The fourth-order valence-electron chi connectivity index (χ4n) is 3.67. The molecule has 5 nitrogen and oxygen atoms in total. The van der Waals surface area contributed by atoms with Crippen molar-refractivity contribution in [2.75, 3.05) is 11.1 Å². The molecule has 1 amide bonds. The van der Waals surface area contributed by atoms with Gasteiger partial charge in [0, 0.05) is 11.4 Å². The number of carbonyl (C=O) groups excluding carboxylic acids is 1. The monoisotopic (exact) mass is 431 g/mol. The van der Waals surface area contributed by atoms with Crippen molar-refractivity contribution in [2.24, 2.45) is 5.92 Å². The number of hydrogen-bond acceptors (Lipinski definition) is 5. The molecule has 0 spiro atoms. The Morgan fingerprint density at radius 3 is 2.97 bits per heavy atom. The van der Waals surface area contributed by atoms with Gasteiger partial charge in [0.25, 0.3) is 5.56 Å². The lowest BCUT2D eigenvalue weighted by Gasteiger charge is -2.17. The lowest BCUT2D eigenvalue weighted by molar-refractivity contribution is -0.113. The quantitative estimate of drug-likeness (QED) is 0.478. The van der Waals surface area contributed by atoms with Crippen LogP contribution in [0.1, 0.15) is 30.7 Å². The fraction of sp³-hybridized carbons (Fsp3) is 0.381. The van der Waals surface area contributed by atoms with E-state index in [0.717, 1.165) is 35.0 Å². The minimum atomic E-state index is -0.478. The van der Waals surface area contributed by atoms with Crippen molar-refractivity contribution >= 4 is 44.9 Å². The number of rotatable bonds is 5. The standard InChI is InChI=1S/C21H22FN3O2S2/c1-3-25-20(27)18-13-9-8-12(2)10-16(13)29-19(18)24-21(25)28-11-17(26)23-15-7-5-4-6-14(15)22/h4-7,12H,3,8-11H2,1-2H3,(H,23,26)/t12-/m1/s1. The normalized spacial score (nSPS) is 16.0. The van der Waals surface area contributed by atoms with Crippen molar-refractivity contribution in [1.82, 2.24) is 9.55 Å². The van der Waals surface area contributed by atoms with Crippen molar-refractivity contribution in [3.63, 3.8) is 0 Å². The average molecular weight is 432 g/mol. The largest absolute Gasteiger partial charge is 0.323 e. The van der Waals surface area contributed by atoms with Crippen molar-refractivity contribution < 1.29 is 9.18 Å². The highest BCUT2D eigenvalue weighted by atomic mass is 32.2. The maximum atomic E-state index is 13.7. The number of carbonyl (C=O) groups is 1. The van der Waals surface area contributed by atoms with E-state index in [9.17, 15) is 14.0 Å². The van der Waals surface area contributed by atoms with Crippen molar-refractivity contribution in [1.29, 1.82) is 0 Å². The van der Waals surface area contributed by atoms with Gasteiger partial charge >= 0.3 is 0 Å². The van der Waals surface area contributed by atoms with Gasteiger partial charge < -0.3 is 5.32 Å². The molecular weight excluding hydrogens is 409 g/mol. The van der Waals surface area contributed by atoms with Gasteiger partial charge in [-0.05, 0) is 49.8 Å². The SMILES string of the molecule is CCn1c(SCC(=O)Nc2ccccc2F)nc2sc3c(c2c1=O)CC[C@@H](C)C3. The van der Waals surface area contributed by atoms with Crippen LogP contribution in [0.2, 0.25) is 0 Å². The Balaban J connectivity index is 1.59. The van der Waals surface area contributed by atoms with E-state index in [0.29, 0.717) is 17.6 Å². The number of amides is 1. The molecule has 1 atom stereocenters. The summed E-state index contributed by atoms with van der Waals surface area (Å²) < 4.78 is 15.4. The molecule has 1 aliphatic rings. The van der Waals surface area contributed by atoms with Crippen LogP contribution < -0.4 is 10.9 Å². The molecule has 8 heteroatoms. The smallest absolute Gasteiger partial charge is 0.263 e. The number of nitrogens with zero attached hydrogens (tertiary/aromatic N) is 2. The lowest BCUT2D eigenvalue weighted by Crippen LogP contribution is -2.24. The molecule has 0 unspecified atom stereocenters. The van der Waals surface area contributed by atoms with Crippen LogP contribution >= 0.6 is 23.1 Å². The average Bonchev–Trinajstić information content (AvgIpc) is 3.05. The van der Waals surface area contributed by atoms with Gasteiger partial charge in [0.1, 0.15) is 10.6 Å². The second kappa shape index (κ2) is 8.28. The Morgan fingerprint density at radius 2 is 2.21 bits per heavy atom. The summed E-state index contributed by atoms with van der Waals surface area (Å²) >= 11 is 2.81. The van der Waals surface area contributed by atoms with E-state index in [1.807, 2.05) is 6.92 Å². The van der Waals surface area contributed by atoms with Crippen LogP contribution in [0.15, 0.2) is 34.2 Å². The van der Waals surface area contributed by atoms with Crippen molar-refractivity contribution in [3.8, 4) is 0 Å². The number of fused-ring (bicyclic) bond motifs is 3. The zero-order valence-corrected chi connectivity index (χ0v) is 18.0. The summed E-state index contributed by atoms with van der Waals surface area (Å²) in [6, 6.07) is 6.05. The maximum absolute atomic E-state index is 13.7. The van der Waals surface area contributed by atoms with E-state index < -0.39 is 5.82 Å². The molecule has 0 saturated heterocycles. The number of anilines is 1. The van der Waals surface area contributed by atoms with Gasteiger partial charge in [-0.3, -0.25) is 14.2 Å². The first-order valence-electron chi connectivity index (χ1n) is 9.70. The Hall–Kier alpha value is -2.19. The Bertz CT molecular complexity index is 1140. The molecule has 4 rings (SSSR count). The molecule has 0 bridgehead atoms. The lowest BCUT2D eigenvalue weighted by atomic mass is 9.89. The molecule has 0 aliphatic heterocycles. The zero-order chi connectivity index (χ0) is 20.5. The molecule has 0 saturated carbocycles. The summed E-state index contributed by atoms with van der Waals surface area (Å²) in [5.74, 6) is -0.139. The number of aryl methyl sites for hydroxylation is 1. The topological polar surface area (TPSA) is 64.0 Å². The highest BCUT2D eigenvalue weighted by Crippen LogP contribution is 2.36. The number of benzene rings is 1. The van der Waals surface area contributed by atoms with Crippen molar-refractivity contribution in [3.05, 3.63) is 50.9 Å². The first-order valence-corrected chi connectivity index (χ1v) is 11.5. The van der Waals surface area contributed by atoms with E-state index in [4.69, 9.17) is 4.98 Å². The van der Waals surface area contributed by atoms with Gasteiger partial charge in [-0.15, -0.1) is 11.3 Å². The molecule has 2 aromatic heterocycles. The molecular formula is C21H22FN3O2S2. The Morgan fingerprint density at radius 1 is 1.41 bits per heavy atom. The van der Waals surface area contributed by atoms with Crippen LogP contribution in [-0.2, 0) is 24.2 Å². The number of hydrogen-bond donors (Lipinski definition) is 1. The minimum absolute atomic E-state index is 0.0263. The Kier molecular flexibility index (Phi) is 5.74. The summed E-state index contributed by atoms with van der Waals surface area (Å²) in [5.41, 5.74) is 1.28. The second-order valence-corrected chi connectivity index (χ2v) is 9.32. The predicted octanol–water partition coefficient (Wildman–Crippen LogP) is 4.47. The van der Waals surface area contributed by atoms with Gasteiger partial charge in [0.2, 0.25) is 5.91 Å². The number of aromatic nitrogens is 2. The molecule has 3 aromatic rings. The molecule has 0 radical (unpaired) electrons. The minimum Gasteiger partial charge on any atom is -0.323 e. The molecule has 29 heavy (non-hydrogen) atoms. The van der Waals surface area contributed by atoms with Crippen LogP contribution in [0.3, 0.4) is 0 Å². The van der Waals surface area contributed by atoms with Crippen LogP contribution in [0.4, 0.5) is 10.1 Å². The first kappa shape index (κ1) is 20.1. The highest BCUT2D eigenvalue weighted by Gasteiger charge is 2.24. The van der Waals surface area contributed by atoms with E-state index >= 15 is 0 Å². The molecule has 152 valence electrons. The molecule has 1 aliphatic carbocycles. The van der Waals surface area contributed by atoms with Crippen LogP contribution in [0, 0.1) is 11.7 Å². The van der Waals surface area contributed by atoms with Gasteiger partial charge in [0.15, 0.2) is 5.16 Å². The van der Waals surface area contributed by atoms with Gasteiger partial charge in [-0.1, -0.05) is 30.8 Å². The van der Waals surface area contributed by atoms with Crippen LogP contribution in [-0.4, -0.2) is 21.2 Å². The number of nitrogens with one attached hydrogen (secondary N) is 1. The fourth-order valence-corrected chi connectivity index (χ4v) is 5.96. The number of thioether (sulfide) groups is 1. The second-order valence-electron chi connectivity index (χ2n) is 7.29. The van der Waals surface area contributed by atoms with Crippen LogP contribution in [0.25, 0.3) is 10.2 Å². The molecule has 1 N–H and O–H groups in total. The summed E-state index contributed by atoms with van der Waals surface area (Å²) in [6.07, 6.45) is 3.02. The number of para-hydroxylation sites is 1. The zero-order valence-electron chi connectivity index (χ0n) is 16.3. The van der Waals surface area contributed by atoms with Crippen molar-refractivity contribution in [2.45, 2.75) is 44.8 Å². The third kappa shape index (κ3) is 3.96. The number of thiophene rings is 1. The van der Waals surface area contributed by atoms with E-state index in [1.165, 1.54) is 28.8 Å². The highest BCUT2D eigenvalue weighted by molar-refractivity contribution is 7.99. The van der Waals surface area contributed by atoms with Crippen LogP contribution in [0.5, 0.6) is 0 Å². The van der Waals surface area contributed by atoms with Gasteiger partial charge in [-0.25, -0.2) is 9.37 Å². The van der Waals surface area contributed by atoms with Gasteiger partial charge in [0.05, 0.1) is 16.8 Å². The predicted molar refractivity (Wildman–Crippen MR) is 116 cm³/mol. The molecule has 1 aromatic carbocycles. The summed E-state index contributed by atoms with van der Waals surface area (Å²) in [7, 11) is 0. The van der Waals surface area contributed by atoms with E-state index in [2.05, 4.69) is 12.2 Å². The summed E-state index contributed by atoms with van der Waals surface area (Å²) in [5, 5.41) is 3.84. The first-order chi connectivity index (χ1) is 14.0. The number of halogens is 1. The molecule has 2 heterocycles. The summed E-state index contributed by atoms with van der Waals surface area (Å²) in [6.45, 7) is 4.62. The third-order valence-electron chi connectivity index (χ3n) is 5.18. The van der Waals surface area contributed by atoms with Gasteiger partial charge in [-0.2, -0.15) is 0 Å². The third-order valence-corrected chi connectivity index (χ3v) is 7.30. The van der Waals surface area contributed by atoms with E-state index in [-0.39, 0.29) is 22.9 Å².